The molecule has 0 spiro atoms. The van der Waals surface area contributed by atoms with Crippen molar-refractivity contribution in [3.05, 3.63) is 72.0 Å². The number of ether oxygens (including phenoxy) is 1. The van der Waals surface area contributed by atoms with Crippen LogP contribution < -0.4 is 10.5 Å². The normalized spacial score (nSPS) is 10.7. The maximum atomic E-state index is 12.8. The summed E-state index contributed by atoms with van der Waals surface area (Å²) in [5.41, 5.74) is 7.61. The van der Waals surface area contributed by atoms with Crippen molar-refractivity contribution in [3.8, 4) is 5.75 Å². The maximum Gasteiger partial charge on any atom is 0.127 e. The van der Waals surface area contributed by atoms with Crippen molar-refractivity contribution >= 4 is 16.5 Å². The predicted octanol–water partition coefficient (Wildman–Crippen LogP) is 4.14. The SMILES string of the molecule is Nc1ccc(OCc2ccc(F)cc2)c2ccccc12. The molecule has 0 radical (unpaired) electrons. The smallest absolute Gasteiger partial charge is 0.127 e. The fraction of sp³-hybridized carbons (Fsp3) is 0.0588. The van der Waals surface area contributed by atoms with Gasteiger partial charge >= 0.3 is 0 Å². The number of nitrogens with two attached hydrogens (primary N) is 1. The third-order valence-electron chi connectivity index (χ3n) is 3.23. The summed E-state index contributed by atoms with van der Waals surface area (Å²) in [6.45, 7) is 0.397. The molecule has 0 atom stereocenters. The van der Waals surface area contributed by atoms with Crippen LogP contribution in [0.2, 0.25) is 0 Å². The number of anilines is 1. The van der Waals surface area contributed by atoms with E-state index in [1.807, 2.05) is 36.4 Å². The molecule has 0 amide bonds. The second-order valence-corrected chi connectivity index (χ2v) is 4.61. The van der Waals surface area contributed by atoms with E-state index < -0.39 is 0 Å². The van der Waals surface area contributed by atoms with Crippen molar-refractivity contribution in [3.63, 3.8) is 0 Å². The van der Waals surface area contributed by atoms with Gasteiger partial charge in [-0.25, -0.2) is 4.39 Å². The number of benzene rings is 3. The average Bonchev–Trinajstić information content (AvgIpc) is 2.49. The number of hydrogen-bond donors (Lipinski definition) is 1. The average molecular weight is 267 g/mol. The van der Waals surface area contributed by atoms with Crippen molar-refractivity contribution in [1.82, 2.24) is 0 Å². The van der Waals surface area contributed by atoms with Crippen LogP contribution >= 0.6 is 0 Å². The molecule has 0 unspecified atom stereocenters. The van der Waals surface area contributed by atoms with Gasteiger partial charge in [0.05, 0.1) is 0 Å². The topological polar surface area (TPSA) is 35.2 Å². The molecule has 3 rings (SSSR count). The van der Waals surface area contributed by atoms with E-state index in [0.717, 1.165) is 27.8 Å². The molecule has 20 heavy (non-hydrogen) atoms. The highest BCUT2D eigenvalue weighted by Crippen LogP contribution is 2.30. The van der Waals surface area contributed by atoms with E-state index in [0.29, 0.717) is 6.61 Å². The predicted molar refractivity (Wildman–Crippen MR) is 79.1 cm³/mol. The lowest BCUT2D eigenvalue weighted by Crippen LogP contribution is -1.97. The minimum absolute atomic E-state index is 0.244. The Bertz CT molecular complexity index is 738. The van der Waals surface area contributed by atoms with E-state index in [4.69, 9.17) is 10.5 Å². The highest BCUT2D eigenvalue weighted by Gasteiger charge is 2.05. The minimum Gasteiger partial charge on any atom is -0.488 e. The van der Waals surface area contributed by atoms with Gasteiger partial charge < -0.3 is 10.5 Å². The molecule has 2 nitrogen and oxygen atoms in total. The Morgan fingerprint density at radius 3 is 2.30 bits per heavy atom. The van der Waals surface area contributed by atoms with Gasteiger partial charge in [0.25, 0.3) is 0 Å². The Balaban J connectivity index is 1.88. The first-order chi connectivity index (χ1) is 9.74. The van der Waals surface area contributed by atoms with Crippen molar-refractivity contribution in [2.24, 2.45) is 0 Å². The highest BCUT2D eigenvalue weighted by atomic mass is 19.1. The minimum atomic E-state index is -0.244. The molecular weight excluding hydrogens is 253 g/mol. The Morgan fingerprint density at radius 1 is 0.850 bits per heavy atom. The maximum absolute atomic E-state index is 12.8. The first-order valence-electron chi connectivity index (χ1n) is 6.38. The quantitative estimate of drug-likeness (QED) is 0.724. The summed E-state index contributed by atoms with van der Waals surface area (Å²) in [5, 5.41) is 1.96. The number of hydrogen-bond acceptors (Lipinski definition) is 2. The van der Waals surface area contributed by atoms with E-state index in [-0.39, 0.29) is 5.82 Å². The molecule has 0 aliphatic rings. The van der Waals surface area contributed by atoms with Gasteiger partial charge in [-0.2, -0.15) is 0 Å². The zero-order chi connectivity index (χ0) is 13.9. The molecule has 100 valence electrons. The molecule has 3 aromatic rings. The van der Waals surface area contributed by atoms with E-state index in [1.54, 1.807) is 12.1 Å². The number of halogens is 1. The zero-order valence-electron chi connectivity index (χ0n) is 10.8. The van der Waals surface area contributed by atoms with Crippen molar-refractivity contribution in [2.75, 3.05) is 5.73 Å². The molecular formula is C17H14FNO. The fourth-order valence-corrected chi connectivity index (χ4v) is 2.16. The van der Waals surface area contributed by atoms with Gasteiger partial charge in [-0.1, -0.05) is 36.4 Å². The molecule has 0 aromatic heterocycles. The molecule has 0 saturated heterocycles. The van der Waals surface area contributed by atoms with Crippen LogP contribution in [0.5, 0.6) is 5.75 Å². The molecule has 0 fully saturated rings. The molecule has 0 bridgehead atoms. The Hall–Kier alpha value is -2.55. The molecule has 0 aliphatic heterocycles. The molecule has 3 aromatic carbocycles. The summed E-state index contributed by atoms with van der Waals surface area (Å²) in [7, 11) is 0. The number of fused-ring (bicyclic) bond motifs is 1. The van der Waals surface area contributed by atoms with Gasteiger partial charge in [0, 0.05) is 16.5 Å². The van der Waals surface area contributed by atoms with Crippen LogP contribution in [-0.4, -0.2) is 0 Å². The number of nitrogen functional groups attached to an aromatic ring is 1. The van der Waals surface area contributed by atoms with Crippen molar-refractivity contribution < 1.29 is 9.13 Å². The van der Waals surface area contributed by atoms with Crippen LogP contribution in [0.4, 0.5) is 10.1 Å². The van der Waals surface area contributed by atoms with Gasteiger partial charge in [0.1, 0.15) is 18.2 Å². The van der Waals surface area contributed by atoms with E-state index >= 15 is 0 Å². The van der Waals surface area contributed by atoms with Crippen LogP contribution in [0.25, 0.3) is 10.8 Å². The van der Waals surface area contributed by atoms with Gasteiger partial charge in [0.15, 0.2) is 0 Å². The van der Waals surface area contributed by atoms with E-state index in [1.165, 1.54) is 12.1 Å². The van der Waals surface area contributed by atoms with E-state index in [9.17, 15) is 4.39 Å². The third-order valence-corrected chi connectivity index (χ3v) is 3.23. The zero-order valence-corrected chi connectivity index (χ0v) is 10.8. The molecule has 0 aliphatic carbocycles. The highest BCUT2D eigenvalue weighted by molar-refractivity contribution is 5.96. The number of rotatable bonds is 3. The molecule has 0 saturated carbocycles. The van der Waals surface area contributed by atoms with Crippen LogP contribution in [0.15, 0.2) is 60.7 Å². The summed E-state index contributed by atoms with van der Waals surface area (Å²) in [6.07, 6.45) is 0. The van der Waals surface area contributed by atoms with Crippen molar-refractivity contribution in [1.29, 1.82) is 0 Å². The summed E-state index contributed by atoms with van der Waals surface area (Å²) < 4.78 is 18.7. The largest absolute Gasteiger partial charge is 0.488 e. The van der Waals surface area contributed by atoms with Gasteiger partial charge in [-0.15, -0.1) is 0 Å². The summed E-state index contributed by atoms with van der Waals surface area (Å²) in [5.74, 6) is 0.533. The summed E-state index contributed by atoms with van der Waals surface area (Å²) in [4.78, 5) is 0. The Kier molecular flexibility index (Phi) is 3.25. The van der Waals surface area contributed by atoms with Crippen LogP contribution in [0, 0.1) is 5.82 Å². The van der Waals surface area contributed by atoms with Gasteiger partial charge in [-0.05, 0) is 29.8 Å². The summed E-state index contributed by atoms with van der Waals surface area (Å²) >= 11 is 0. The van der Waals surface area contributed by atoms with Crippen molar-refractivity contribution in [2.45, 2.75) is 6.61 Å². The van der Waals surface area contributed by atoms with Gasteiger partial charge in [-0.3, -0.25) is 0 Å². The molecule has 2 N–H and O–H groups in total. The Morgan fingerprint density at radius 2 is 1.55 bits per heavy atom. The first-order valence-corrected chi connectivity index (χ1v) is 6.38. The van der Waals surface area contributed by atoms with Gasteiger partial charge in [0.2, 0.25) is 0 Å². The third kappa shape index (κ3) is 2.43. The van der Waals surface area contributed by atoms with Crippen LogP contribution in [0.1, 0.15) is 5.56 Å². The lowest BCUT2D eigenvalue weighted by molar-refractivity contribution is 0.310. The Labute approximate surface area is 116 Å². The standard InChI is InChI=1S/C17H14FNO/c18-13-7-5-12(6-8-13)11-20-17-10-9-16(19)14-3-1-2-4-15(14)17/h1-10H,11,19H2. The van der Waals surface area contributed by atoms with E-state index in [2.05, 4.69) is 0 Å². The molecule has 0 heterocycles. The fourth-order valence-electron chi connectivity index (χ4n) is 2.16. The lowest BCUT2D eigenvalue weighted by atomic mass is 10.1. The van der Waals surface area contributed by atoms with Crippen LogP contribution in [-0.2, 0) is 6.61 Å². The summed E-state index contributed by atoms with van der Waals surface area (Å²) in [6, 6.07) is 17.8. The molecule has 3 heteroatoms. The first kappa shape index (κ1) is 12.5. The monoisotopic (exact) mass is 267 g/mol. The lowest BCUT2D eigenvalue weighted by Gasteiger charge is -2.11. The second-order valence-electron chi connectivity index (χ2n) is 4.61. The second kappa shape index (κ2) is 5.21. The van der Waals surface area contributed by atoms with Crippen LogP contribution in [0.3, 0.4) is 0 Å².